The molecule has 0 atom stereocenters. The molecule has 0 heterocycles. The minimum atomic E-state index is -3.81. The molecule has 0 saturated carbocycles. The Morgan fingerprint density at radius 1 is 1.20 bits per heavy atom. The van der Waals surface area contributed by atoms with Crippen LogP contribution in [0, 0.1) is 22.9 Å². The number of non-ortho nitro benzene ring substituents is 1. The van der Waals surface area contributed by atoms with Crippen molar-refractivity contribution in [1.82, 2.24) is 4.72 Å². The Morgan fingerprint density at radius 2 is 1.88 bits per heavy atom. The number of hydrogen-bond acceptors (Lipinski definition) is 5. The average molecular weight is 384 g/mol. The summed E-state index contributed by atoms with van der Waals surface area (Å²) in [6, 6.07) is 9.81. The van der Waals surface area contributed by atoms with E-state index in [0.29, 0.717) is 17.7 Å². The van der Waals surface area contributed by atoms with Crippen molar-refractivity contribution in [1.29, 1.82) is 0 Å². The average Bonchev–Trinajstić information content (AvgIpc) is 2.56. The topological polar surface area (TPSA) is 89.3 Å². The third kappa shape index (κ3) is 5.52. The van der Waals surface area contributed by atoms with E-state index in [1.54, 1.807) is 19.1 Å². The maximum absolute atomic E-state index is 12.8. The molecule has 134 valence electrons. The summed E-state index contributed by atoms with van der Waals surface area (Å²) in [6.45, 7) is 1.79. The predicted octanol–water partition coefficient (Wildman–Crippen LogP) is 3.50. The summed E-state index contributed by atoms with van der Waals surface area (Å²) in [7, 11) is -3.81. The molecule has 0 amide bonds. The molecular formula is C16H17FN2O4S2. The lowest BCUT2D eigenvalue weighted by Gasteiger charge is -2.09. The van der Waals surface area contributed by atoms with Crippen LogP contribution >= 0.6 is 11.8 Å². The van der Waals surface area contributed by atoms with E-state index in [1.807, 2.05) is 0 Å². The van der Waals surface area contributed by atoms with Gasteiger partial charge in [0.15, 0.2) is 0 Å². The van der Waals surface area contributed by atoms with Gasteiger partial charge in [-0.15, -0.1) is 11.8 Å². The van der Waals surface area contributed by atoms with E-state index in [2.05, 4.69) is 4.72 Å². The maximum atomic E-state index is 12.8. The molecule has 9 heteroatoms. The number of aryl methyl sites for hydroxylation is 1. The number of hydrogen-bond donors (Lipinski definition) is 1. The van der Waals surface area contributed by atoms with E-state index >= 15 is 0 Å². The summed E-state index contributed by atoms with van der Waals surface area (Å²) in [6.07, 6.45) is 0.565. The lowest BCUT2D eigenvalue weighted by atomic mass is 10.2. The number of benzene rings is 2. The molecule has 0 saturated heterocycles. The van der Waals surface area contributed by atoms with Gasteiger partial charge in [-0.1, -0.05) is 6.07 Å². The number of halogens is 1. The molecule has 2 aromatic carbocycles. The molecule has 0 radical (unpaired) electrons. The van der Waals surface area contributed by atoms with Crippen molar-refractivity contribution in [3.8, 4) is 0 Å². The Balaban J connectivity index is 1.90. The molecule has 0 aliphatic carbocycles. The molecule has 25 heavy (non-hydrogen) atoms. The summed E-state index contributed by atoms with van der Waals surface area (Å²) in [4.78, 5) is 11.0. The van der Waals surface area contributed by atoms with Gasteiger partial charge in [0, 0.05) is 23.6 Å². The first-order valence-electron chi connectivity index (χ1n) is 7.43. The second kappa shape index (κ2) is 8.41. The lowest BCUT2D eigenvalue weighted by Crippen LogP contribution is -2.26. The van der Waals surface area contributed by atoms with E-state index in [0.717, 1.165) is 11.0 Å². The third-order valence-electron chi connectivity index (χ3n) is 3.37. The Morgan fingerprint density at radius 3 is 2.52 bits per heavy atom. The molecule has 0 aliphatic heterocycles. The van der Waals surface area contributed by atoms with Crippen molar-refractivity contribution in [2.75, 3.05) is 12.3 Å². The molecule has 6 nitrogen and oxygen atoms in total. The number of nitrogens with one attached hydrogen (secondary N) is 1. The fourth-order valence-corrected chi connectivity index (χ4v) is 4.26. The smallest absolute Gasteiger partial charge is 0.258 e. The van der Waals surface area contributed by atoms with Gasteiger partial charge in [-0.3, -0.25) is 10.1 Å². The number of thioether (sulfide) groups is 1. The normalized spacial score (nSPS) is 11.4. The summed E-state index contributed by atoms with van der Waals surface area (Å²) >= 11 is 1.49. The van der Waals surface area contributed by atoms with Crippen molar-refractivity contribution in [3.05, 3.63) is 64.0 Å². The zero-order valence-corrected chi connectivity index (χ0v) is 15.1. The molecule has 0 spiro atoms. The third-order valence-corrected chi connectivity index (χ3v) is 6.07. The Kier molecular flexibility index (Phi) is 6.51. The van der Waals surface area contributed by atoms with Crippen LogP contribution in [-0.2, 0) is 10.0 Å². The summed E-state index contributed by atoms with van der Waals surface area (Å²) in [5.74, 6) is 0.353. The molecule has 1 N–H and O–H groups in total. The zero-order valence-electron chi connectivity index (χ0n) is 13.4. The second-order valence-corrected chi connectivity index (χ2v) is 8.16. The predicted molar refractivity (Wildman–Crippen MR) is 94.8 cm³/mol. The highest BCUT2D eigenvalue weighted by Crippen LogP contribution is 2.22. The molecule has 0 fully saturated rings. The molecular weight excluding hydrogens is 367 g/mol. The van der Waals surface area contributed by atoms with Gasteiger partial charge in [-0.2, -0.15) is 0 Å². The van der Waals surface area contributed by atoms with E-state index < -0.39 is 14.9 Å². The van der Waals surface area contributed by atoms with Crippen LogP contribution in [0.3, 0.4) is 0 Å². The van der Waals surface area contributed by atoms with Crippen LogP contribution in [0.4, 0.5) is 10.1 Å². The molecule has 2 rings (SSSR count). The van der Waals surface area contributed by atoms with Crippen LogP contribution in [0.25, 0.3) is 0 Å². The standard InChI is InChI=1S/C16H17FN2O4S2/c1-12-3-6-14(19(20)21)11-16(12)25(22,23)18-9-2-10-24-15-7-4-13(17)5-8-15/h3-8,11,18H,2,9-10H2,1H3. The number of rotatable bonds is 8. The van der Waals surface area contributed by atoms with Gasteiger partial charge in [0.2, 0.25) is 10.0 Å². The number of nitro benzene ring substituents is 1. The first-order valence-corrected chi connectivity index (χ1v) is 9.89. The minimum absolute atomic E-state index is 0.0899. The van der Waals surface area contributed by atoms with Gasteiger partial charge in [-0.25, -0.2) is 17.5 Å². The second-order valence-electron chi connectivity index (χ2n) is 5.26. The molecule has 2 aromatic rings. The monoisotopic (exact) mass is 384 g/mol. The Labute approximate surface area is 149 Å². The van der Waals surface area contributed by atoms with Gasteiger partial charge in [0.1, 0.15) is 5.82 Å². The first-order chi connectivity index (χ1) is 11.8. The van der Waals surface area contributed by atoms with E-state index in [4.69, 9.17) is 0 Å². The Hall–Kier alpha value is -1.97. The van der Waals surface area contributed by atoms with Crippen LogP contribution in [0.2, 0.25) is 0 Å². The highest BCUT2D eigenvalue weighted by Gasteiger charge is 2.19. The van der Waals surface area contributed by atoms with Crippen LogP contribution in [0.1, 0.15) is 12.0 Å². The number of nitro groups is 1. The highest BCUT2D eigenvalue weighted by atomic mass is 32.2. The molecule has 0 aliphatic rings. The fourth-order valence-electron chi connectivity index (χ4n) is 2.07. The van der Waals surface area contributed by atoms with Crippen molar-refractivity contribution in [2.45, 2.75) is 23.1 Å². The van der Waals surface area contributed by atoms with Crippen molar-refractivity contribution < 1.29 is 17.7 Å². The van der Waals surface area contributed by atoms with Crippen LogP contribution in [0.15, 0.2) is 52.3 Å². The largest absolute Gasteiger partial charge is 0.270 e. The maximum Gasteiger partial charge on any atom is 0.270 e. The van der Waals surface area contributed by atoms with Crippen molar-refractivity contribution >= 4 is 27.5 Å². The first kappa shape index (κ1) is 19.4. The van der Waals surface area contributed by atoms with Gasteiger partial charge in [0.05, 0.1) is 9.82 Å². The fraction of sp³-hybridized carbons (Fsp3) is 0.250. The lowest BCUT2D eigenvalue weighted by molar-refractivity contribution is -0.385. The van der Waals surface area contributed by atoms with Gasteiger partial charge >= 0.3 is 0 Å². The SMILES string of the molecule is Cc1ccc([N+](=O)[O-])cc1S(=O)(=O)NCCCSc1ccc(F)cc1. The highest BCUT2D eigenvalue weighted by molar-refractivity contribution is 7.99. The van der Waals surface area contributed by atoms with Crippen LogP contribution < -0.4 is 4.72 Å². The van der Waals surface area contributed by atoms with E-state index in [1.165, 1.54) is 36.0 Å². The number of nitrogens with zero attached hydrogens (tertiary/aromatic N) is 1. The van der Waals surface area contributed by atoms with Crippen LogP contribution in [-0.4, -0.2) is 25.6 Å². The van der Waals surface area contributed by atoms with E-state index in [9.17, 15) is 22.9 Å². The van der Waals surface area contributed by atoms with Gasteiger partial charge in [0.25, 0.3) is 5.69 Å². The summed E-state index contributed by atoms with van der Waals surface area (Å²) in [5.41, 5.74) is 0.177. The minimum Gasteiger partial charge on any atom is -0.258 e. The van der Waals surface area contributed by atoms with Crippen molar-refractivity contribution in [2.24, 2.45) is 0 Å². The summed E-state index contributed by atoms with van der Waals surface area (Å²) in [5, 5.41) is 10.8. The van der Waals surface area contributed by atoms with Crippen LogP contribution in [0.5, 0.6) is 0 Å². The molecule has 0 unspecified atom stereocenters. The van der Waals surface area contributed by atoms with Crippen molar-refractivity contribution in [3.63, 3.8) is 0 Å². The number of sulfonamides is 1. The van der Waals surface area contributed by atoms with Gasteiger partial charge in [-0.05, 0) is 48.9 Å². The molecule has 0 aromatic heterocycles. The van der Waals surface area contributed by atoms with E-state index in [-0.39, 0.29) is 22.9 Å². The Bertz CT molecular complexity index is 855. The quantitative estimate of drug-likeness (QED) is 0.326. The van der Waals surface area contributed by atoms with Gasteiger partial charge < -0.3 is 0 Å². The zero-order chi connectivity index (χ0) is 18.4. The molecule has 0 bridgehead atoms. The summed E-state index contributed by atoms with van der Waals surface area (Å²) < 4.78 is 39.9.